The molecule has 1 aromatic carbocycles. The number of hydrogen-bond donors (Lipinski definition) is 0. The average molecular weight is 367 g/mol. The van der Waals surface area contributed by atoms with Crippen molar-refractivity contribution in [3.8, 4) is 0 Å². The second-order valence-corrected chi connectivity index (χ2v) is 7.43. The third-order valence-corrected chi connectivity index (χ3v) is 5.60. The van der Waals surface area contributed by atoms with E-state index in [1.807, 2.05) is 30.1 Å². The lowest BCUT2D eigenvalue weighted by Crippen LogP contribution is -2.60. The molecule has 2 aliphatic heterocycles. The molecule has 0 aliphatic carbocycles. The molecule has 7 heteroatoms. The molecular weight excluding hydrogens is 342 g/mol. The van der Waals surface area contributed by atoms with Crippen molar-refractivity contribution in [2.75, 3.05) is 43.0 Å². The second-order valence-electron chi connectivity index (χ2n) is 7.43. The number of anilines is 2. The van der Waals surface area contributed by atoms with Crippen molar-refractivity contribution >= 4 is 17.3 Å². The maximum absolute atomic E-state index is 12.9. The third kappa shape index (κ3) is 3.47. The minimum Gasteiger partial charge on any atom is -0.367 e. The number of nitrogens with zero attached hydrogens (tertiary/aromatic N) is 5. The average Bonchev–Trinajstić information content (AvgIpc) is 2.63. The van der Waals surface area contributed by atoms with Crippen molar-refractivity contribution in [3.05, 3.63) is 52.4 Å². The van der Waals surface area contributed by atoms with Gasteiger partial charge in [-0.05, 0) is 31.5 Å². The monoisotopic (exact) mass is 367 g/mol. The molecule has 1 amide bonds. The number of amides is 1. The van der Waals surface area contributed by atoms with E-state index in [0.717, 1.165) is 43.9 Å². The van der Waals surface area contributed by atoms with E-state index in [2.05, 4.69) is 21.0 Å². The molecule has 7 nitrogen and oxygen atoms in total. The number of benzene rings is 1. The van der Waals surface area contributed by atoms with E-state index < -0.39 is 0 Å². The van der Waals surface area contributed by atoms with Crippen LogP contribution in [0, 0.1) is 0 Å². The smallest absolute Gasteiger partial charge is 0.268 e. The molecule has 0 spiro atoms. The Kier molecular flexibility index (Phi) is 4.70. The normalized spacial score (nSPS) is 17.0. The predicted molar refractivity (Wildman–Crippen MR) is 105 cm³/mol. The molecule has 1 aromatic heterocycles. The van der Waals surface area contributed by atoms with Gasteiger partial charge in [-0.15, -0.1) is 0 Å². The highest BCUT2D eigenvalue weighted by molar-refractivity contribution is 5.96. The van der Waals surface area contributed by atoms with Crippen LogP contribution in [0.3, 0.4) is 0 Å². The summed E-state index contributed by atoms with van der Waals surface area (Å²) in [4.78, 5) is 30.8. The first-order chi connectivity index (χ1) is 13.0. The van der Waals surface area contributed by atoms with Crippen molar-refractivity contribution in [2.24, 2.45) is 7.05 Å². The number of hydrogen-bond acceptors (Lipinski definition) is 5. The van der Waals surface area contributed by atoms with Crippen molar-refractivity contribution in [1.82, 2.24) is 14.7 Å². The number of para-hydroxylation sites is 1. The van der Waals surface area contributed by atoms with Crippen LogP contribution in [0.2, 0.25) is 0 Å². The van der Waals surface area contributed by atoms with Crippen LogP contribution in [-0.2, 0) is 18.3 Å². The fourth-order valence-electron chi connectivity index (χ4n) is 3.80. The Morgan fingerprint density at radius 1 is 1.30 bits per heavy atom. The first-order valence-corrected chi connectivity index (χ1v) is 9.40. The summed E-state index contributed by atoms with van der Waals surface area (Å²) in [6.45, 7) is 2.80. The van der Waals surface area contributed by atoms with E-state index >= 15 is 0 Å². The van der Waals surface area contributed by atoms with Crippen LogP contribution in [0.15, 0.2) is 41.3 Å². The molecule has 142 valence electrons. The highest BCUT2D eigenvalue weighted by atomic mass is 16.2. The first-order valence-electron chi connectivity index (χ1n) is 9.40. The van der Waals surface area contributed by atoms with Crippen molar-refractivity contribution in [3.63, 3.8) is 0 Å². The van der Waals surface area contributed by atoms with Gasteiger partial charge in [0.1, 0.15) is 0 Å². The van der Waals surface area contributed by atoms with E-state index in [9.17, 15) is 9.59 Å². The van der Waals surface area contributed by atoms with Gasteiger partial charge in [0.15, 0.2) is 0 Å². The zero-order valence-electron chi connectivity index (χ0n) is 15.8. The van der Waals surface area contributed by atoms with Crippen molar-refractivity contribution < 1.29 is 4.79 Å². The molecule has 2 aromatic rings. The minimum absolute atomic E-state index is 0.108. The van der Waals surface area contributed by atoms with Gasteiger partial charge in [-0.25, -0.2) is 4.68 Å². The highest BCUT2D eigenvalue weighted by Gasteiger charge is 2.32. The summed E-state index contributed by atoms with van der Waals surface area (Å²) in [5, 5.41) is 4.07. The fourth-order valence-corrected chi connectivity index (χ4v) is 3.80. The fraction of sp³-hybridized carbons (Fsp3) is 0.450. The zero-order valence-corrected chi connectivity index (χ0v) is 15.8. The summed E-state index contributed by atoms with van der Waals surface area (Å²) in [7, 11) is 3.64. The highest BCUT2D eigenvalue weighted by Crippen LogP contribution is 2.27. The van der Waals surface area contributed by atoms with E-state index in [4.69, 9.17) is 0 Å². The van der Waals surface area contributed by atoms with E-state index in [1.165, 1.54) is 10.2 Å². The SMILES string of the molecule is CN(CC(=O)N1CCCc2ccccc21)C1CN(c2cnn(C)c(=O)c2)C1. The number of aromatic nitrogens is 2. The molecule has 3 heterocycles. The molecule has 0 unspecified atom stereocenters. The maximum Gasteiger partial charge on any atom is 0.268 e. The van der Waals surface area contributed by atoms with Crippen LogP contribution in [0.5, 0.6) is 0 Å². The Morgan fingerprint density at radius 2 is 2.07 bits per heavy atom. The van der Waals surface area contributed by atoms with Crippen LogP contribution >= 0.6 is 0 Å². The number of rotatable bonds is 4. The minimum atomic E-state index is -0.108. The molecule has 1 saturated heterocycles. The van der Waals surface area contributed by atoms with Crippen LogP contribution in [0.4, 0.5) is 11.4 Å². The van der Waals surface area contributed by atoms with Crippen LogP contribution in [-0.4, -0.2) is 59.9 Å². The van der Waals surface area contributed by atoms with Crippen LogP contribution in [0.25, 0.3) is 0 Å². The summed E-state index contributed by atoms with van der Waals surface area (Å²) in [5.41, 5.74) is 3.05. The molecule has 0 radical (unpaired) electrons. The number of likely N-dealkylation sites (N-methyl/N-ethyl adjacent to an activating group) is 1. The molecule has 0 N–H and O–H groups in total. The number of carbonyl (C=O) groups excluding carboxylic acids is 1. The molecule has 0 bridgehead atoms. The summed E-state index contributed by atoms with van der Waals surface area (Å²) < 4.78 is 1.32. The van der Waals surface area contributed by atoms with E-state index in [1.54, 1.807) is 19.3 Å². The number of aryl methyl sites for hydroxylation is 2. The third-order valence-electron chi connectivity index (χ3n) is 5.60. The first kappa shape index (κ1) is 17.7. The Morgan fingerprint density at radius 3 is 2.85 bits per heavy atom. The zero-order chi connectivity index (χ0) is 19.0. The Labute approximate surface area is 158 Å². The van der Waals surface area contributed by atoms with Gasteiger partial charge in [-0.3, -0.25) is 14.5 Å². The van der Waals surface area contributed by atoms with E-state index in [0.29, 0.717) is 12.6 Å². The number of carbonyl (C=O) groups is 1. The van der Waals surface area contributed by atoms with Gasteiger partial charge in [0.25, 0.3) is 5.56 Å². The Hall–Kier alpha value is -2.67. The number of fused-ring (bicyclic) bond motifs is 1. The molecular formula is C20H25N5O2. The van der Waals surface area contributed by atoms with Gasteiger partial charge < -0.3 is 9.80 Å². The lowest BCUT2D eigenvalue weighted by molar-refractivity contribution is -0.120. The summed E-state index contributed by atoms with van der Waals surface area (Å²) in [6, 6.07) is 10.1. The van der Waals surface area contributed by atoms with Gasteiger partial charge in [0, 0.05) is 44.5 Å². The summed E-state index contributed by atoms with van der Waals surface area (Å²) >= 11 is 0. The lowest BCUT2D eigenvalue weighted by Gasteiger charge is -2.45. The van der Waals surface area contributed by atoms with Crippen LogP contribution in [0.1, 0.15) is 12.0 Å². The molecule has 0 saturated carbocycles. The Bertz CT molecular complexity index is 903. The van der Waals surface area contributed by atoms with Crippen LogP contribution < -0.4 is 15.4 Å². The van der Waals surface area contributed by atoms with Gasteiger partial charge in [-0.2, -0.15) is 5.10 Å². The standard InChI is InChI=1S/C20H25N5O2/c1-22(17-12-24(13-17)16-10-19(26)23(2)21-11-16)14-20(27)25-9-5-7-15-6-3-4-8-18(15)25/h3-4,6,8,10-11,17H,5,7,9,12-14H2,1-2H3. The molecule has 2 aliphatic rings. The quantitative estimate of drug-likeness (QED) is 0.803. The second kappa shape index (κ2) is 7.15. The summed E-state index contributed by atoms with van der Waals surface area (Å²) in [5.74, 6) is 0.151. The molecule has 0 atom stereocenters. The van der Waals surface area contributed by atoms with Gasteiger partial charge in [0.2, 0.25) is 5.91 Å². The van der Waals surface area contributed by atoms with Crippen molar-refractivity contribution in [2.45, 2.75) is 18.9 Å². The van der Waals surface area contributed by atoms with Gasteiger partial charge in [0.05, 0.1) is 18.4 Å². The predicted octanol–water partition coefficient (Wildman–Crippen LogP) is 0.880. The van der Waals surface area contributed by atoms with Gasteiger partial charge >= 0.3 is 0 Å². The summed E-state index contributed by atoms with van der Waals surface area (Å²) in [6.07, 6.45) is 3.77. The van der Waals surface area contributed by atoms with Gasteiger partial charge in [-0.1, -0.05) is 18.2 Å². The largest absolute Gasteiger partial charge is 0.367 e. The topological polar surface area (TPSA) is 61.7 Å². The molecule has 1 fully saturated rings. The van der Waals surface area contributed by atoms with Crippen molar-refractivity contribution in [1.29, 1.82) is 0 Å². The molecule has 4 rings (SSSR count). The maximum atomic E-state index is 12.9. The lowest BCUT2D eigenvalue weighted by atomic mass is 10.0. The van der Waals surface area contributed by atoms with E-state index in [-0.39, 0.29) is 11.5 Å². The molecule has 27 heavy (non-hydrogen) atoms. The Balaban J connectivity index is 1.35.